The van der Waals surface area contributed by atoms with Gasteiger partial charge in [-0.1, -0.05) is 48.0 Å². The first-order valence-corrected chi connectivity index (χ1v) is 15.0. The number of aromatic nitrogens is 2. The summed E-state index contributed by atoms with van der Waals surface area (Å²) in [6.07, 6.45) is 1.51. The largest absolute Gasteiger partial charge is 0.493 e. The van der Waals surface area contributed by atoms with Gasteiger partial charge in [-0.15, -0.1) is 0 Å². The summed E-state index contributed by atoms with van der Waals surface area (Å²) in [5.41, 5.74) is 3.17. The molecule has 220 valence electrons. The first-order valence-electron chi connectivity index (χ1n) is 13.4. The van der Waals surface area contributed by atoms with Crippen molar-refractivity contribution in [2.24, 2.45) is 5.10 Å². The molecule has 0 atom stereocenters. The van der Waals surface area contributed by atoms with Crippen LogP contribution in [0.1, 0.15) is 11.1 Å². The van der Waals surface area contributed by atoms with Crippen molar-refractivity contribution in [1.29, 1.82) is 0 Å². The van der Waals surface area contributed by atoms with Gasteiger partial charge in [-0.3, -0.25) is 9.59 Å². The maximum Gasteiger partial charge on any atom is 0.282 e. The molecule has 0 radical (unpaired) electrons. The highest BCUT2D eigenvalue weighted by Gasteiger charge is 2.20. The van der Waals surface area contributed by atoms with Crippen LogP contribution in [0.5, 0.6) is 11.5 Å². The number of hydrogen-bond donors (Lipinski definition) is 1. The molecule has 0 saturated carbocycles. The number of hydrogen-bond acceptors (Lipinski definition) is 7. The van der Waals surface area contributed by atoms with Crippen LogP contribution in [0, 0.1) is 6.92 Å². The maximum atomic E-state index is 13.6. The highest BCUT2D eigenvalue weighted by Crippen LogP contribution is 2.42. The molecule has 9 nitrogen and oxygen atoms in total. The van der Waals surface area contributed by atoms with Crippen LogP contribution in [0.25, 0.3) is 33.5 Å². The van der Waals surface area contributed by atoms with Crippen LogP contribution in [-0.2, 0) is 4.79 Å². The highest BCUT2D eigenvalue weighted by atomic mass is 79.9. The summed E-state index contributed by atoms with van der Waals surface area (Å²) in [5, 5.41) is 8.65. The van der Waals surface area contributed by atoms with E-state index < -0.39 is 0 Å². The lowest BCUT2D eigenvalue weighted by Gasteiger charge is -2.15. The molecule has 0 fully saturated rings. The van der Waals surface area contributed by atoms with E-state index in [1.165, 1.54) is 18.0 Å². The number of anilines is 1. The van der Waals surface area contributed by atoms with Crippen molar-refractivity contribution < 1.29 is 18.7 Å². The number of benzene rings is 4. The minimum absolute atomic E-state index is 0.248. The first-order chi connectivity index (χ1) is 21.3. The van der Waals surface area contributed by atoms with E-state index in [1.54, 1.807) is 24.3 Å². The van der Waals surface area contributed by atoms with Gasteiger partial charge in [0.1, 0.15) is 5.58 Å². The van der Waals surface area contributed by atoms with Crippen molar-refractivity contribution in [2.45, 2.75) is 6.92 Å². The summed E-state index contributed by atoms with van der Waals surface area (Å²) >= 11 is 7.14. The number of nitrogens with one attached hydrogen (secondary N) is 1. The van der Waals surface area contributed by atoms with Crippen LogP contribution in [-0.4, -0.2) is 35.5 Å². The van der Waals surface area contributed by atoms with Gasteiger partial charge >= 0.3 is 0 Å². The molecule has 1 N–H and O–H groups in total. The number of fused-ring (bicyclic) bond motifs is 2. The second kappa shape index (κ2) is 12.5. The second-order valence-corrected chi connectivity index (χ2v) is 11.4. The maximum absolute atomic E-state index is 13.6. The molecular weight excluding hydrogens is 692 g/mol. The number of carbonyl (C=O) groups is 1. The lowest BCUT2D eigenvalue weighted by Crippen LogP contribution is -2.20. The van der Waals surface area contributed by atoms with Crippen LogP contribution in [0.2, 0.25) is 0 Å². The summed E-state index contributed by atoms with van der Waals surface area (Å²) in [5.74, 6) is 1.000. The molecule has 2 aromatic heterocycles. The van der Waals surface area contributed by atoms with E-state index in [9.17, 15) is 9.59 Å². The van der Waals surface area contributed by atoms with E-state index >= 15 is 0 Å². The molecule has 44 heavy (non-hydrogen) atoms. The highest BCUT2D eigenvalue weighted by molar-refractivity contribution is 9.13. The number of furan rings is 1. The number of methoxy groups -OCH3 is 1. The predicted octanol–water partition coefficient (Wildman–Crippen LogP) is 7.55. The molecule has 0 saturated heterocycles. The van der Waals surface area contributed by atoms with E-state index in [0.29, 0.717) is 53.9 Å². The quantitative estimate of drug-likeness (QED) is 0.163. The molecule has 0 aliphatic carbocycles. The number of rotatable bonds is 8. The molecule has 4 aromatic carbocycles. The zero-order chi connectivity index (χ0) is 30.8. The van der Waals surface area contributed by atoms with Gasteiger partial charge in [0.05, 0.1) is 28.7 Å². The normalized spacial score (nSPS) is 11.4. The fourth-order valence-corrected chi connectivity index (χ4v) is 5.49. The van der Waals surface area contributed by atoms with Gasteiger partial charge in [0.2, 0.25) is 5.82 Å². The van der Waals surface area contributed by atoms with Crippen molar-refractivity contribution in [1.82, 2.24) is 9.66 Å². The van der Waals surface area contributed by atoms with E-state index in [0.717, 1.165) is 10.9 Å². The Kier molecular flexibility index (Phi) is 8.32. The Morgan fingerprint density at radius 1 is 1.02 bits per heavy atom. The number of ether oxygens (including phenoxy) is 2. The third-order valence-electron chi connectivity index (χ3n) is 6.77. The zero-order valence-corrected chi connectivity index (χ0v) is 26.7. The van der Waals surface area contributed by atoms with Crippen LogP contribution < -0.4 is 20.3 Å². The number of halogens is 2. The second-order valence-electron chi connectivity index (χ2n) is 9.79. The number of aryl methyl sites for hydroxylation is 1. The number of carbonyl (C=O) groups excluding carboxylic acids is 1. The Balaban J connectivity index is 1.34. The summed E-state index contributed by atoms with van der Waals surface area (Å²) in [7, 11) is 1.49. The van der Waals surface area contributed by atoms with E-state index in [2.05, 4.69) is 42.3 Å². The fourth-order valence-electron chi connectivity index (χ4n) is 4.56. The third kappa shape index (κ3) is 5.88. The van der Waals surface area contributed by atoms with E-state index in [-0.39, 0.29) is 23.9 Å². The lowest BCUT2D eigenvalue weighted by atomic mass is 10.2. The fraction of sp³-hybridized carbons (Fsp3) is 0.0909. The van der Waals surface area contributed by atoms with E-state index in [4.69, 9.17) is 18.9 Å². The minimum Gasteiger partial charge on any atom is -0.493 e. The molecule has 6 aromatic rings. The Morgan fingerprint density at radius 2 is 1.77 bits per heavy atom. The summed E-state index contributed by atoms with van der Waals surface area (Å²) in [6.45, 7) is 1.73. The Morgan fingerprint density at radius 3 is 2.55 bits per heavy atom. The summed E-state index contributed by atoms with van der Waals surface area (Å²) < 4.78 is 19.8. The Hall–Kier alpha value is -4.74. The average Bonchev–Trinajstić information content (AvgIpc) is 3.47. The van der Waals surface area contributed by atoms with Gasteiger partial charge in [-0.05, 0) is 81.2 Å². The molecule has 1 amide bonds. The smallest absolute Gasteiger partial charge is 0.282 e. The third-order valence-corrected chi connectivity index (χ3v) is 8.91. The van der Waals surface area contributed by atoms with E-state index in [1.807, 2.05) is 67.6 Å². The van der Waals surface area contributed by atoms with Gasteiger partial charge in [0, 0.05) is 21.1 Å². The van der Waals surface area contributed by atoms with Crippen molar-refractivity contribution >= 4 is 71.5 Å². The van der Waals surface area contributed by atoms with Gasteiger partial charge in [0.15, 0.2) is 23.9 Å². The topological polar surface area (TPSA) is 108 Å². The molecule has 0 spiro atoms. The molecule has 6 rings (SSSR count). The van der Waals surface area contributed by atoms with Crippen LogP contribution in [0.3, 0.4) is 0 Å². The molecule has 0 bridgehead atoms. The first kappa shape index (κ1) is 29.3. The van der Waals surface area contributed by atoms with Crippen molar-refractivity contribution in [3.63, 3.8) is 0 Å². The lowest BCUT2D eigenvalue weighted by molar-refractivity contribution is -0.118. The van der Waals surface area contributed by atoms with Crippen molar-refractivity contribution in [3.05, 3.63) is 115 Å². The summed E-state index contributed by atoms with van der Waals surface area (Å²) in [4.78, 5) is 30.9. The molecular formula is C33H24Br2N4O5. The monoisotopic (exact) mass is 714 g/mol. The van der Waals surface area contributed by atoms with Gasteiger partial charge in [-0.2, -0.15) is 9.78 Å². The zero-order valence-electron chi connectivity index (χ0n) is 23.5. The van der Waals surface area contributed by atoms with Crippen molar-refractivity contribution in [3.8, 4) is 23.1 Å². The van der Waals surface area contributed by atoms with Crippen LogP contribution in [0.4, 0.5) is 5.69 Å². The molecule has 0 aliphatic heterocycles. The SMILES string of the molecule is COc1cc(C=Nn2c(-c3cc4ccccc4o3)nc3ccccc3c2=O)c(Br)c(Br)c1OCC(=O)Nc1ccc(C)cc1. The van der Waals surface area contributed by atoms with Crippen LogP contribution in [0.15, 0.2) is 108 Å². The van der Waals surface area contributed by atoms with Crippen molar-refractivity contribution in [2.75, 3.05) is 19.0 Å². The number of amides is 1. The molecule has 2 heterocycles. The predicted molar refractivity (Wildman–Crippen MR) is 178 cm³/mol. The Labute approximate surface area is 268 Å². The van der Waals surface area contributed by atoms with Crippen LogP contribution >= 0.6 is 31.9 Å². The standard InChI is InChI=1S/C33H24Br2N4O5/c1-19-11-13-22(14-12-19)37-28(40)18-43-31-26(42-2)16-21(29(34)30(31)35)17-36-39-32(27-15-20-7-3-6-10-25(20)44-27)38-24-9-5-4-8-23(24)33(39)41/h3-17H,18H2,1-2H3,(H,37,40). The molecule has 11 heteroatoms. The van der Waals surface area contributed by atoms with Gasteiger partial charge < -0.3 is 19.2 Å². The minimum atomic E-state index is -0.357. The number of nitrogens with zero attached hydrogens (tertiary/aromatic N) is 3. The average molecular weight is 716 g/mol. The molecule has 0 unspecified atom stereocenters. The summed E-state index contributed by atoms with van der Waals surface area (Å²) in [6, 6.07) is 25.6. The number of para-hydroxylation sites is 2. The van der Waals surface area contributed by atoms with Gasteiger partial charge in [-0.25, -0.2) is 4.98 Å². The van der Waals surface area contributed by atoms with Gasteiger partial charge in [0.25, 0.3) is 11.5 Å². The molecule has 0 aliphatic rings. The Bertz CT molecular complexity index is 2090.